The average molecular weight is 437 g/mol. The van der Waals surface area contributed by atoms with Crippen LogP contribution in [0.5, 0.6) is 0 Å². The fourth-order valence-corrected chi connectivity index (χ4v) is 4.87. The van der Waals surface area contributed by atoms with Crippen LogP contribution in [-0.4, -0.2) is 32.2 Å². The molecule has 1 aromatic carbocycles. The Hall–Kier alpha value is -2.65. The third-order valence-corrected chi connectivity index (χ3v) is 6.35. The molecule has 0 radical (unpaired) electrons. The van der Waals surface area contributed by atoms with Crippen molar-refractivity contribution >= 4 is 28.4 Å². The molecule has 2 aromatic heterocycles. The Morgan fingerprint density at radius 3 is 2.63 bits per heavy atom. The SMILES string of the molecule is O=C(NC1[C@H]2CC(O)(c3cc(Cl)cc4[nH]ncc34)C[C@@H]12)c1cncc(C(F)(F)F)c1. The summed E-state index contributed by atoms with van der Waals surface area (Å²) in [6.07, 6.45) is -0.284. The minimum absolute atomic E-state index is 0.0404. The van der Waals surface area contributed by atoms with Gasteiger partial charge in [0, 0.05) is 28.8 Å². The van der Waals surface area contributed by atoms with E-state index in [0.717, 1.165) is 23.2 Å². The quantitative estimate of drug-likeness (QED) is 0.584. The second kappa shape index (κ2) is 6.42. The number of aliphatic hydroxyl groups is 1. The zero-order valence-corrected chi connectivity index (χ0v) is 16.1. The summed E-state index contributed by atoms with van der Waals surface area (Å²) in [5.74, 6) is -0.520. The molecule has 3 N–H and O–H groups in total. The lowest BCUT2D eigenvalue weighted by Gasteiger charge is -2.27. The Morgan fingerprint density at radius 1 is 1.20 bits per heavy atom. The van der Waals surface area contributed by atoms with Crippen molar-refractivity contribution in [2.24, 2.45) is 11.8 Å². The second-order valence-electron chi connectivity index (χ2n) is 8.01. The van der Waals surface area contributed by atoms with E-state index in [4.69, 9.17) is 11.6 Å². The highest BCUT2D eigenvalue weighted by molar-refractivity contribution is 6.31. The molecule has 2 aliphatic rings. The molecule has 10 heteroatoms. The van der Waals surface area contributed by atoms with Crippen LogP contribution in [0.3, 0.4) is 0 Å². The number of hydrogen-bond acceptors (Lipinski definition) is 4. The van der Waals surface area contributed by atoms with Crippen LogP contribution in [-0.2, 0) is 11.8 Å². The summed E-state index contributed by atoms with van der Waals surface area (Å²) < 4.78 is 38.5. The Kier molecular flexibility index (Phi) is 4.14. The van der Waals surface area contributed by atoms with Crippen LogP contribution in [0.25, 0.3) is 10.9 Å². The predicted molar refractivity (Wildman–Crippen MR) is 102 cm³/mol. The van der Waals surface area contributed by atoms with Crippen molar-refractivity contribution in [3.05, 3.63) is 58.5 Å². The van der Waals surface area contributed by atoms with Gasteiger partial charge in [0.05, 0.1) is 28.4 Å². The number of aromatic nitrogens is 3. The number of fused-ring (bicyclic) bond motifs is 2. The van der Waals surface area contributed by atoms with Crippen molar-refractivity contribution < 1.29 is 23.1 Å². The van der Waals surface area contributed by atoms with E-state index in [2.05, 4.69) is 20.5 Å². The standard InChI is InChI=1S/C20H16ClF3N4O2/c21-11-2-15(14-8-26-28-16(14)3-11)19(30)4-12-13(5-19)17(12)27-18(29)9-1-10(7-25-6-9)20(22,23)24/h1-3,6-8,12-13,17,30H,4-5H2,(H,26,28)(H,27,29)/t12-,13+,17?,19?. The van der Waals surface area contributed by atoms with Gasteiger partial charge in [-0.05, 0) is 48.4 Å². The molecular formula is C20H16ClF3N4O2. The molecule has 4 atom stereocenters. The van der Waals surface area contributed by atoms with Gasteiger partial charge >= 0.3 is 6.18 Å². The van der Waals surface area contributed by atoms with Crippen molar-refractivity contribution in [1.29, 1.82) is 0 Å². The van der Waals surface area contributed by atoms with Crippen LogP contribution in [0, 0.1) is 11.8 Å². The number of nitrogens with zero attached hydrogens (tertiary/aromatic N) is 2. The van der Waals surface area contributed by atoms with Crippen molar-refractivity contribution in [3.8, 4) is 0 Å². The molecule has 5 rings (SSSR count). The molecule has 2 unspecified atom stereocenters. The number of rotatable bonds is 3. The number of halogens is 4. The number of pyridine rings is 1. The highest BCUT2D eigenvalue weighted by Crippen LogP contribution is 2.60. The first-order chi connectivity index (χ1) is 14.2. The topological polar surface area (TPSA) is 90.9 Å². The van der Waals surface area contributed by atoms with Crippen molar-refractivity contribution in [3.63, 3.8) is 0 Å². The molecule has 156 valence electrons. The summed E-state index contributed by atoms with van der Waals surface area (Å²) in [6, 6.07) is 4.06. The Morgan fingerprint density at radius 2 is 1.93 bits per heavy atom. The molecule has 2 heterocycles. The van der Waals surface area contributed by atoms with Gasteiger partial charge in [-0.2, -0.15) is 18.3 Å². The largest absolute Gasteiger partial charge is 0.417 e. The van der Waals surface area contributed by atoms with Gasteiger partial charge in [-0.25, -0.2) is 0 Å². The molecule has 6 nitrogen and oxygen atoms in total. The Balaban J connectivity index is 1.30. The monoisotopic (exact) mass is 436 g/mol. The maximum absolute atomic E-state index is 12.8. The highest BCUT2D eigenvalue weighted by Gasteiger charge is 2.62. The number of amides is 1. The van der Waals surface area contributed by atoms with Crippen LogP contribution in [0.15, 0.2) is 36.8 Å². The van der Waals surface area contributed by atoms with Gasteiger partial charge in [-0.15, -0.1) is 0 Å². The molecule has 2 saturated carbocycles. The third-order valence-electron chi connectivity index (χ3n) is 6.13. The summed E-state index contributed by atoms with van der Waals surface area (Å²) in [5, 5.41) is 22.2. The molecule has 30 heavy (non-hydrogen) atoms. The van der Waals surface area contributed by atoms with Crippen molar-refractivity contribution in [2.75, 3.05) is 0 Å². The molecule has 1 amide bonds. The number of alkyl halides is 3. The smallest absolute Gasteiger partial charge is 0.385 e. The molecule has 2 fully saturated rings. The summed E-state index contributed by atoms with van der Waals surface area (Å²) >= 11 is 6.18. The number of nitrogens with one attached hydrogen (secondary N) is 2. The van der Waals surface area contributed by atoms with E-state index >= 15 is 0 Å². The number of H-pyrrole nitrogens is 1. The van der Waals surface area contributed by atoms with E-state index in [0.29, 0.717) is 29.6 Å². The van der Waals surface area contributed by atoms with Crippen LogP contribution in [0.1, 0.15) is 34.3 Å². The van der Waals surface area contributed by atoms with E-state index in [1.807, 2.05) is 0 Å². The fraction of sp³-hybridized carbons (Fsp3) is 0.350. The Labute approximate surface area is 173 Å². The summed E-state index contributed by atoms with van der Waals surface area (Å²) in [4.78, 5) is 15.9. The zero-order chi connectivity index (χ0) is 21.3. The normalized spacial score (nSPS) is 27.8. The van der Waals surface area contributed by atoms with Crippen LogP contribution in [0.4, 0.5) is 13.2 Å². The third kappa shape index (κ3) is 3.13. The maximum atomic E-state index is 12.8. The van der Waals surface area contributed by atoms with Gasteiger partial charge in [0.15, 0.2) is 0 Å². The number of carbonyl (C=O) groups is 1. The number of carbonyl (C=O) groups excluding carboxylic acids is 1. The highest BCUT2D eigenvalue weighted by atomic mass is 35.5. The second-order valence-corrected chi connectivity index (χ2v) is 8.45. The first kappa shape index (κ1) is 19.3. The van der Waals surface area contributed by atoms with Gasteiger partial charge < -0.3 is 10.4 Å². The van der Waals surface area contributed by atoms with E-state index in [1.54, 1.807) is 18.3 Å². The lowest BCUT2D eigenvalue weighted by molar-refractivity contribution is -0.137. The van der Waals surface area contributed by atoms with Gasteiger partial charge in [-0.1, -0.05) is 11.6 Å². The van der Waals surface area contributed by atoms with Gasteiger partial charge in [0.25, 0.3) is 5.91 Å². The Bertz CT molecular complexity index is 1150. The van der Waals surface area contributed by atoms with E-state index in [9.17, 15) is 23.1 Å². The predicted octanol–water partition coefficient (Wildman–Crippen LogP) is 3.66. The van der Waals surface area contributed by atoms with Gasteiger partial charge in [0.2, 0.25) is 0 Å². The van der Waals surface area contributed by atoms with Gasteiger partial charge in [-0.3, -0.25) is 14.9 Å². The summed E-state index contributed by atoms with van der Waals surface area (Å²) in [7, 11) is 0. The first-order valence-electron chi connectivity index (χ1n) is 9.34. The number of benzene rings is 1. The molecular weight excluding hydrogens is 421 g/mol. The van der Waals surface area contributed by atoms with E-state index in [-0.39, 0.29) is 23.4 Å². The van der Waals surface area contributed by atoms with E-state index < -0.39 is 23.2 Å². The van der Waals surface area contributed by atoms with E-state index in [1.165, 1.54) is 0 Å². The molecule has 0 aliphatic heterocycles. The number of aromatic amines is 1. The van der Waals surface area contributed by atoms with Crippen LogP contribution in [0.2, 0.25) is 5.02 Å². The van der Waals surface area contributed by atoms with Crippen LogP contribution >= 0.6 is 11.6 Å². The maximum Gasteiger partial charge on any atom is 0.417 e. The molecule has 0 saturated heterocycles. The minimum Gasteiger partial charge on any atom is -0.385 e. The molecule has 3 aromatic rings. The minimum atomic E-state index is -4.56. The summed E-state index contributed by atoms with van der Waals surface area (Å²) in [6.45, 7) is 0. The van der Waals surface area contributed by atoms with Gasteiger partial charge in [0.1, 0.15) is 0 Å². The first-order valence-corrected chi connectivity index (χ1v) is 9.72. The van der Waals surface area contributed by atoms with Crippen LogP contribution < -0.4 is 5.32 Å². The lowest BCUT2D eigenvalue weighted by atomic mass is 9.86. The summed E-state index contributed by atoms with van der Waals surface area (Å²) in [5.41, 5.74) is -0.779. The molecule has 0 bridgehead atoms. The molecule has 2 aliphatic carbocycles. The zero-order valence-electron chi connectivity index (χ0n) is 15.4. The van der Waals surface area contributed by atoms with Crippen molar-refractivity contribution in [2.45, 2.75) is 30.7 Å². The lowest BCUT2D eigenvalue weighted by Crippen LogP contribution is -2.33. The molecule has 0 spiro atoms. The average Bonchev–Trinajstić information content (AvgIpc) is 3.03. The number of hydrogen-bond donors (Lipinski definition) is 3. The van der Waals surface area contributed by atoms with Crippen molar-refractivity contribution in [1.82, 2.24) is 20.5 Å². The fourth-order valence-electron chi connectivity index (χ4n) is 4.65.